The maximum atomic E-state index is 12.6. The van der Waals surface area contributed by atoms with Gasteiger partial charge in [-0.25, -0.2) is 4.79 Å². The maximum Gasteiger partial charge on any atom is 0.428 e. The van der Waals surface area contributed by atoms with Crippen LogP contribution in [0, 0.1) is 0 Å². The van der Waals surface area contributed by atoms with Crippen LogP contribution in [0.5, 0.6) is 0 Å². The summed E-state index contributed by atoms with van der Waals surface area (Å²) in [4.78, 5) is 10.7. The van der Waals surface area contributed by atoms with E-state index in [9.17, 15) is 23.1 Å². The minimum Gasteiger partial charge on any atom is -0.479 e. The van der Waals surface area contributed by atoms with E-state index in [1.54, 1.807) is 0 Å². The summed E-state index contributed by atoms with van der Waals surface area (Å²) in [5.41, 5.74) is -3.70. The monoisotopic (exact) mass is 422 g/mol. The SMILES string of the molecule is CCCCCCCCCCCCCCCCC/C=C/C[C@](O)(C(=O)O)C(F)(F)F. The second kappa shape index (κ2) is 16.7. The molecule has 1 atom stereocenters. The highest BCUT2D eigenvalue weighted by molar-refractivity contribution is 5.78. The minimum absolute atomic E-state index is 0.603. The van der Waals surface area contributed by atoms with Gasteiger partial charge in [0.2, 0.25) is 0 Å². The number of aliphatic hydroxyl groups is 1. The van der Waals surface area contributed by atoms with Crippen LogP contribution < -0.4 is 0 Å². The number of carboxylic acids is 1. The standard InChI is InChI=1S/C23H41F3O3/c1-2-3-4-5-6-7-8-9-10-11-12-13-14-15-16-17-18-19-20-22(29,21(27)28)23(24,25)26/h18-19,29H,2-17,20H2,1H3,(H,27,28)/b19-18+/t22-/m0/s1. The Bertz CT molecular complexity index is 436. The van der Waals surface area contributed by atoms with Gasteiger partial charge in [0.1, 0.15) is 0 Å². The average molecular weight is 423 g/mol. The normalized spacial score (nSPS) is 14.4. The fraction of sp³-hybridized carbons (Fsp3) is 0.870. The van der Waals surface area contributed by atoms with E-state index in [1.807, 2.05) is 0 Å². The Hall–Kier alpha value is -1.04. The number of aliphatic carboxylic acids is 1. The molecule has 3 nitrogen and oxygen atoms in total. The van der Waals surface area contributed by atoms with E-state index in [4.69, 9.17) is 5.11 Å². The molecule has 0 rings (SSSR count). The number of halogens is 3. The van der Waals surface area contributed by atoms with Gasteiger partial charge in [-0.05, 0) is 12.8 Å². The molecule has 0 fully saturated rings. The van der Waals surface area contributed by atoms with Gasteiger partial charge in [-0.15, -0.1) is 0 Å². The lowest BCUT2D eigenvalue weighted by Crippen LogP contribution is -2.51. The summed E-state index contributed by atoms with van der Waals surface area (Å²) in [5, 5.41) is 17.9. The molecular formula is C23H41F3O3. The molecule has 0 saturated carbocycles. The Morgan fingerprint density at radius 3 is 1.45 bits per heavy atom. The molecule has 0 amide bonds. The van der Waals surface area contributed by atoms with Gasteiger partial charge in [0.05, 0.1) is 0 Å². The lowest BCUT2D eigenvalue weighted by Gasteiger charge is -2.24. The summed E-state index contributed by atoms with van der Waals surface area (Å²) < 4.78 is 37.8. The molecule has 0 aromatic carbocycles. The van der Waals surface area contributed by atoms with Crippen molar-refractivity contribution in [3.8, 4) is 0 Å². The number of alkyl halides is 3. The summed E-state index contributed by atoms with van der Waals surface area (Å²) in [7, 11) is 0. The summed E-state index contributed by atoms with van der Waals surface area (Å²) in [6.45, 7) is 2.24. The molecule has 0 unspecified atom stereocenters. The fourth-order valence-corrected chi connectivity index (χ4v) is 3.33. The molecule has 0 radical (unpaired) electrons. The smallest absolute Gasteiger partial charge is 0.428 e. The molecule has 0 spiro atoms. The van der Waals surface area contributed by atoms with E-state index in [0.29, 0.717) is 6.42 Å². The van der Waals surface area contributed by atoms with Crippen molar-refractivity contribution < 1.29 is 28.2 Å². The predicted molar refractivity (Wildman–Crippen MR) is 112 cm³/mol. The predicted octanol–water partition coefficient (Wildman–Crippen LogP) is 7.57. The van der Waals surface area contributed by atoms with Crippen molar-refractivity contribution in [3.05, 3.63) is 12.2 Å². The number of carboxylic acid groups (broad SMARTS) is 1. The van der Waals surface area contributed by atoms with Crippen LogP contribution in [-0.2, 0) is 4.79 Å². The van der Waals surface area contributed by atoms with Crippen molar-refractivity contribution >= 4 is 5.97 Å². The highest BCUT2D eigenvalue weighted by Gasteiger charge is 2.59. The van der Waals surface area contributed by atoms with E-state index < -0.39 is 24.2 Å². The maximum absolute atomic E-state index is 12.6. The van der Waals surface area contributed by atoms with E-state index in [-0.39, 0.29) is 0 Å². The van der Waals surface area contributed by atoms with Crippen LogP contribution in [0.3, 0.4) is 0 Å². The van der Waals surface area contributed by atoms with E-state index in [0.717, 1.165) is 25.3 Å². The Morgan fingerprint density at radius 1 is 0.724 bits per heavy atom. The van der Waals surface area contributed by atoms with Crippen LogP contribution in [0.2, 0.25) is 0 Å². The second-order valence-electron chi connectivity index (χ2n) is 8.08. The van der Waals surface area contributed by atoms with Crippen molar-refractivity contribution in [1.29, 1.82) is 0 Å². The first-order valence-corrected chi connectivity index (χ1v) is 11.4. The van der Waals surface area contributed by atoms with Crippen molar-refractivity contribution in [3.63, 3.8) is 0 Å². The number of hydrogen-bond donors (Lipinski definition) is 2. The Kier molecular flexibility index (Phi) is 16.1. The summed E-state index contributed by atoms with van der Waals surface area (Å²) in [5.74, 6) is -2.26. The quantitative estimate of drug-likeness (QED) is 0.167. The van der Waals surface area contributed by atoms with Gasteiger partial charge in [-0.2, -0.15) is 13.2 Å². The third kappa shape index (κ3) is 13.7. The van der Waals surface area contributed by atoms with E-state index >= 15 is 0 Å². The molecular weight excluding hydrogens is 381 g/mol. The Morgan fingerprint density at radius 2 is 1.10 bits per heavy atom. The molecule has 0 aliphatic carbocycles. The summed E-state index contributed by atoms with van der Waals surface area (Å²) in [6.07, 6.45) is 16.0. The topological polar surface area (TPSA) is 57.5 Å². The van der Waals surface area contributed by atoms with Gasteiger partial charge in [0, 0.05) is 6.42 Å². The van der Waals surface area contributed by atoms with Crippen LogP contribution in [0.15, 0.2) is 12.2 Å². The second-order valence-corrected chi connectivity index (χ2v) is 8.08. The van der Waals surface area contributed by atoms with Crippen LogP contribution in [0.4, 0.5) is 13.2 Å². The zero-order valence-electron chi connectivity index (χ0n) is 18.1. The van der Waals surface area contributed by atoms with Crippen molar-refractivity contribution in [2.75, 3.05) is 0 Å². The average Bonchev–Trinajstić information content (AvgIpc) is 2.65. The molecule has 0 aliphatic heterocycles. The number of rotatable bonds is 19. The van der Waals surface area contributed by atoms with Gasteiger partial charge >= 0.3 is 12.1 Å². The lowest BCUT2D eigenvalue weighted by molar-refractivity contribution is -0.258. The van der Waals surface area contributed by atoms with Crippen LogP contribution >= 0.6 is 0 Å². The van der Waals surface area contributed by atoms with Gasteiger partial charge in [0.15, 0.2) is 0 Å². The molecule has 6 heteroatoms. The Labute approximate surface area is 174 Å². The number of unbranched alkanes of at least 4 members (excludes halogenated alkanes) is 15. The minimum atomic E-state index is -5.18. The first kappa shape index (κ1) is 28.0. The summed E-state index contributed by atoms with van der Waals surface area (Å²) >= 11 is 0. The van der Waals surface area contributed by atoms with Crippen molar-refractivity contribution in [2.45, 2.75) is 128 Å². The zero-order valence-corrected chi connectivity index (χ0v) is 18.1. The first-order chi connectivity index (χ1) is 13.8. The number of allylic oxidation sites excluding steroid dienone is 1. The summed E-state index contributed by atoms with van der Waals surface area (Å²) in [6, 6.07) is 0. The van der Waals surface area contributed by atoms with Crippen LogP contribution in [0.25, 0.3) is 0 Å². The lowest BCUT2D eigenvalue weighted by atomic mass is 9.98. The molecule has 0 aliphatic rings. The van der Waals surface area contributed by atoms with Crippen molar-refractivity contribution in [2.24, 2.45) is 0 Å². The number of hydrogen-bond acceptors (Lipinski definition) is 2. The molecule has 29 heavy (non-hydrogen) atoms. The fourth-order valence-electron chi connectivity index (χ4n) is 3.33. The molecule has 172 valence electrons. The zero-order chi connectivity index (χ0) is 22.0. The molecule has 0 bridgehead atoms. The molecule has 0 heterocycles. The van der Waals surface area contributed by atoms with Crippen LogP contribution in [0.1, 0.15) is 116 Å². The third-order valence-corrected chi connectivity index (χ3v) is 5.38. The van der Waals surface area contributed by atoms with Gasteiger partial charge in [-0.1, -0.05) is 109 Å². The molecule has 0 aromatic rings. The van der Waals surface area contributed by atoms with E-state index in [1.165, 1.54) is 83.1 Å². The van der Waals surface area contributed by atoms with Gasteiger partial charge < -0.3 is 10.2 Å². The third-order valence-electron chi connectivity index (χ3n) is 5.38. The molecule has 0 saturated heterocycles. The van der Waals surface area contributed by atoms with Crippen LogP contribution in [-0.4, -0.2) is 28.0 Å². The van der Waals surface area contributed by atoms with Crippen molar-refractivity contribution in [1.82, 2.24) is 0 Å². The largest absolute Gasteiger partial charge is 0.479 e. The highest BCUT2D eigenvalue weighted by atomic mass is 19.4. The first-order valence-electron chi connectivity index (χ1n) is 11.4. The van der Waals surface area contributed by atoms with Gasteiger partial charge in [-0.3, -0.25) is 0 Å². The highest BCUT2D eigenvalue weighted by Crippen LogP contribution is 2.33. The Balaban J connectivity index is 3.49. The molecule has 0 aromatic heterocycles. The molecule has 2 N–H and O–H groups in total. The van der Waals surface area contributed by atoms with Gasteiger partial charge in [0.25, 0.3) is 5.60 Å². The van der Waals surface area contributed by atoms with E-state index in [2.05, 4.69) is 6.92 Å². The number of carbonyl (C=O) groups is 1.